The number of hydrogen-bond acceptors (Lipinski definition) is 14. The number of fused-ring (bicyclic) bond motifs is 1. The Balaban J connectivity index is 1.62. The molecule has 0 aliphatic heterocycles. The van der Waals surface area contributed by atoms with E-state index in [1.165, 1.54) is 20.9 Å². The third-order valence-electron chi connectivity index (χ3n) is 12.1. The van der Waals surface area contributed by atoms with Crippen molar-refractivity contribution in [2.75, 3.05) is 25.1 Å². The minimum atomic E-state index is -1.69. The van der Waals surface area contributed by atoms with Gasteiger partial charge in [-0.25, -0.2) is 0 Å². The van der Waals surface area contributed by atoms with Crippen molar-refractivity contribution >= 4 is 83.4 Å². The number of para-hydroxylation sites is 1. The van der Waals surface area contributed by atoms with Crippen LogP contribution in [-0.2, 0) is 57.6 Å². The summed E-state index contributed by atoms with van der Waals surface area (Å²) in [5.74, 6) is -7.20. The molecule has 396 valence electrons. The fraction of sp³-hybridized carbons (Fsp3) is 0.440. The smallest absolute Gasteiger partial charge is 0.246 e. The zero-order valence-electron chi connectivity index (χ0n) is 41.0. The lowest BCUT2D eigenvalue weighted by molar-refractivity contribution is -0.144. The van der Waals surface area contributed by atoms with Crippen molar-refractivity contribution in [3.05, 3.63) is 108 Å². The summed E-state index contributed by atoms with van der Waals surface area (Å²) in [7, 11) is 1.20. The molecule has 23 heteroatoms. The first-order valence-corrected chi connectivity index (χ1v) is 25.1. The topological polar surface area (TPSA) is 346 Å². The quantitative estimate of drug-likeness (QED) is 0.0218. The number of nitrogens with zero attached hydrogens (tertiary/aromatic N) is 1. The van der Waals surface area contributed by atoms with Crippen LogP contribution < -0.4 is 49.1 Å². The molecule has 0 aliphatic rings. The van der Waals surface area contributed by atoms with E-state index in [1.807, 2.05) is 48.5 Å². The molecule has 0 aliphatic carbocycles. The Hall–Kier alpha value is -6.50. The first-order chi connectivity index (χ1) is 34.8. The molecular formula is C50H69N11O10S2. The van der Waals surface area contributed by atoms with Gasteiger partial charge in [0.2, 0.25) is 47.3 Å². The van der Waals surface area contributed by atoms with Gasteiger partial charge in [-0.15, -0.1) is 0 Å². The van der Waals surface area contributed by atoms with Crippen molar-refractivity contribution in [1.29, 1.82) is 0 Å². The summed E-state index contributed by atoms with van der Waals surface area (Å²) >= 11 is 8.49. The maximum absolute atomic E-state index is 14.7. The highest BCUT2D eigenvalue weighted by molar-refractivity contribution is 7.80. The fourth-order valence-corrected chi connectivity index (χ4v) is 8.55. The molecule has 0 saturated heterocycles. The zero-order valence-corrected chi connectivity index (χ0v) is 42.8. The van der Waals surface area contributed by atoms with Crippen LogP contribution in [0.4, 0.5) is 0 Å². The molecule has 0 fully saturated rings. The van der Waals surface area contributed by atoms with Crippen molar-refractivity contribution in [1.82, 2.24) is 41.8 Å². The number of aliphatic hydroxyl groups is 2. The van der Waals surface area contributed by atoms with Crippen LogP contribution in [0, 0.1) is 0 Å². The van der Waals surface area contributed by atoms with Gasteiger partial charge in [0.25, 0.3) is 0 Å². The van der Waals surface area contributed by atoms with E-state index >= 15 is 0 Å². The maximum atomic E-state index is 14.7. The van der Waals surface area contributed by atoms with Gasteiger partial charge in [0.05, 0.1) is 18.2 Å². The van der Waals surface area contributed by atoms with Crippen LogP contribution in [0.15, 0.2) is 91.1 Å². The summed E-state index contributed by atoms with van der Waals surface area (Å²) in [6.45, 7) is 2.72. The summed E-state index contributed by atoms with van der Waals surface area (Å²) in [6.07, 6.45) is -0.460. The fourth-order valence-electron chi connectivity index (χ4n) is 8.04. The van der Waals surface area contributed by atoms with E-state index in [0.29, 0.717) is 24.0 Å². The minimum Gasteiger partial charge on any atom is -0.391 e. The highest BCUT2D eigenvalue weighted by atomic mass is 32.1. The zero-order chi connectivity index (χ0) is 53.8. The van der Waals surface area contributed by atoms with E-state index in [0.717, 1.165) is 21.4 Å². The number of likely N-dealkylation sites (N-methyl/N-ethyl adjacent to an activating group) is 1. The van der Waals surface area contributed by atoms with E-state index in [-0.39, 0.29) is 43.7 Å². The number of benzene rings is 3. The Morgan fingerprint density at radius 1 is 0.603 bits per heavy atom. The highest BCUT2D eigenvalue weighted by Crippen LogP contribution is 2.20. The lowest BCUT2D eigenvalue weighted by Crippen LogP contribution is -2.62. The molecule has 21 nitrogen and oxygen atoms in total. The first kappa shape index (κ1) is 59.1. The molecule has 3 aromatic carbocycles. The average Bonchev–Trinajstić information content (AvgIpc) is 3.77. The second-order valence-electron chi connectivity index (χ2n) is 17.8. The summed E-state index contributed by atoms with van der Waals surface area (Å²) < 4.78 is 0. The van der Waals surface area contributed by atoms with E-state index in [4.69, 9.17) is 17.2 Å². The van der Waals surface area contributed by atoms with Crippen molar-refractivity contribution in [2.45, 2.75) is 113 Å². The van der Waals surface area contributed by atoms with Gasteiger partial charge in [0.1, 0.15) is 42.3 Å². The van der Waals surface area contributed by atoms with Crippen LogP contribution in [0.25, 0.3) is 10.9 Å². The molecule has 8 amide bonds. The molecule has 1 heterocycles. The van der Waals surface area contributed by atoms with Crippen molar-refractivity contribution in [2.24, 2.45) is 17.2 Å². The summed E-state index contributed by atoms with van der Waals surface area (Å²) in [5, 5.41) is 37.4. The van der Waals surface area contributed by atoms with Gasteiger partial charge in [-0.2, -0.15) is 25.3 Å². The first-order valence-electron chi connectivity index (χ1n) is 23.8. The second-order valence-corrected chi connectivity index (χ2v) is 18.5. The van der Waals surface area contributed by atoms with Crippen molar-refractivity contribution in [3.63, 3.8) is 0 Å². The summed E-state index contributed by atoms with van der Waals surface area (Å²) in [6, 6.07) is 14.3. The number of aliphatic hydroxyl groups excluding tert-OH is 2. The Labute approximate surface area is 435 Å². The molecule has 4 aromatic rings. The molecule has 10 atom stereocenters. The number of carbonyl (C=O) groups is 8. The molecule has 0 unspecified atom stereocenters. The number of aromatic amines is 1. The van der Waals surface area contributed by atoms with E-state index in [1.54, 1.807) is 42.6 Å². The molecule has 0 saturated carbocycles. The molecular weight excluding hydrogens is 979 g/mol. The number of nitrogens with two attached hydrogens (primary N) is 3. The Morgan fingerprint density at radius 2 is 1.10 bits per heavy atom. The Morgan fingerprint density at radius 3 is 1.64 bits per heavy atom. The Kier molecular flexibility index (Phi) is 23.7. The number of nitrogens with one attached hydrogen (secondary N) is 7. The van der Waals surface area contributed by atoms with Gasteiger partial charge in [0.15, 0.2) is 0 Å². The van der Waals surface area contributed by atoms with Crippen LogP contribution in [-0.4, -0.2) is 153 Å². The molecule has 15 N–H and O–H groups in total. The molecule has 0 radical (unpaired) electrons. The van der Waals surface area contributed by atoms with Crippen LogP contribution in [0.2, 0.25) is 0 Å². The van der Waals surface area contributed by atoms with E-state index in [2.05, 4.69) is 62.1 Å². The molecule has 73 heavy (non-hydrogen) atoms. The van der Waals surface area contributed by atoms with Crippen LogP contribution in [0.3, 0.4) is 0 Å². The SMILES string of the molecule is C[C@@H](O)[C@H](NC(=O)[C@H](CCCCN)NC(=O)[C@@H](Cc1c[nH]c2ccccc12)NC(=O)[C@H](Cc1ccccc1)NC(=O)[C@H](CS)NC(=O)[C@H](N)Cc1ccccc1)C(=O)N[C@@H](CS)C(=O)N(C)[C@H](C(N)=O)[C@@H](C)O. The number of H-pyrrole nitrogens is 1. The lowest BCUT2D eigenvalue weighted by atomic mass is 10.0. The van der Waals surface area contributed by atoms with Gasteiger partial charge in [-0.3, -0.25) is 38.4 Å². The number of unbranched alkanes of at least 4 members (excludes halogenated alkanes) is 1. The largest absolute Gasteiger partial charge is 0.391 e. The van der Waals surface area contributed by atoms with Gasteiger partial charge < -0.3 is 69.2 Å². The summed E-state index contributed by atoms with van der Waals surface area (Å²) in [4.78, 5) is 114. The number of aromatic nitrogens is 1. The van der Waals surface area contributed by atoms with Crippen molar-refractivity contribution < 1.29 is 48.6 Å². The van der Waals surface area contributed by atoms with Gasteiger partial charge >= 0.3 is 0 Å². The second kappa shape index (κ2) is 29.3. The number of amides is 8. The lowest BCUT2D eigenvalue weighted by Gasteiger charge is -2.32. The number of rotatable bonds is 29. The standard InChI is InChI=1S/C50H69N11O10S2/c1-28(62)41(49(70)59-40(27-73)50(71)61(3)42(29(2)63)43(53)64)60-45(66)36(20-12-13-21-51)55-47(68)38(24-32-25-54-35-19-11-10-18-33(32)35)57-46(67)37(23-31-16-8-5-9-17-31)56-48(69)39(26-72)58-44(65)34(52)22-30-14-6-4-7-15-30/h4-11,14-19,25,28-29,34,36-42,54,62-63,72-73H,12-13,20-24,26-27,51-52H2,1-3H3,(H2,53,64)(H,55,68)(H,56,69)(H,57,67)(H,58,65)(H,59,70)(H,60,66)/t28-,29-,34-,36+,37+,38-,39+,40+,41+,42+/m1/s1. The van der Waals surface area contributed by atoms with E-state index in [9.17, 15) is 48.6 Å². The molecule has 4 rings (SSSR count). The third-order valence-corrected chi connectivity index (χ3v) is 12.8. The van der Waals surface area contributed by atoms with Gasteiger partial charge in [-0.05, 0) is 68.8 Å². The monoisotopic (exact) mass is 1050 g/mol. The highest BCUT2D eigenvalue weighted by Gasteiger charge is 2.37. The molecule has 0 spiro atoms. The number of carbonyl (C=O) groups excluding carboxylic acids is 8. The van der Waals surface area contributed by atoms with Crippen LogP contribution in [0.5, 0.6) is 0 Å². The number of hydrogen-bond donors (Lipinski definition) is 14. The number of primary amides is 1. The van der Waals surface area contributed by atoms with Crippen LogP contribution >= 0.6 is 25.3 Å². The van der Waals surface area contributed by atoms with Gasteiger partial charge in [-0.1, -0.05) is 78.9 Å². The predicted molar refractivity (Wildman–Crippen MR) is 282 cm³/mol. The third kappa shape index (κ3) is 17.6. The summed E-state index contributed by atoms with van der Waals surface area (Å²) in [5.41, 5.74) is 20.2. The van der Waals surface area contributed by atoms with Crippen LogP contribution in [0.1, 0.15) is 49.8 Å². The van der Waals surface area contributed by atoms with Crippen molar-refractivity contribution in [3.8, 4) is 0 Å². The normalized spacial score (nSPS) is 15.4. The molecule has 0 bridgehead atoms. The average molecular weight is 1050 g/mol. The minimum absolute atomic E-state index is 0.00833. The predicted octanol–water partition coefficient (Wildman–Crippen LogP) is -1.51. The maximum Gasteiger partial charge on any atom is 0.246 e. The van der Waals surface area contributed by atoms with Gasteiger partial charge in [0, 0.05) is 48.5 Å². The van der Waals surface area contributed by atoms with E-state index < -0.39 is 108 Å². The number of thiol groups is 2. The molecule has 1 aromatic heterocycles. The Bertz CT molecular complexity index is 2480.